The number of methoxy groups -OCH3 is 1. The smallest absolute Gasteiger partial charge is 0.337 e. The minimum absolute atomic E-state index is 0.0397. The van der Waals surface area contributed by atoms with Gasteiger partial charge >= 0.3 is 11.7 Å². The fraction of sp³-hybridized carbons (Fsp3) is 0.267. The van der Waals surface area contributed by atoms with Crippen LogP contribution in [0.1, 0.15) is 16.1 Å². The van der Waals surface area contributed by atoms with Crippen molar-refractivity contribution < 1.29 is 14.3 Å². The van der Waals surface area contributed by atoms with Crippen molar-refractivity contribution >= 4 is 21.9 Å². The zero-order chi connectivity index (χ0) is 17.1. The van der Waals surface area contributed by atoms with Crippen LogP contribution in [-0.2, 0) is 25.4 Å². The summed E-state index contributed by atoms with van der Waals surface area (Å²) in [5.74, 6) is 0.0250. The largest absolute Gasteiger partial charge is 0.486 e. The second-order valence-corrected chi connectivity index (χ2v) is 5.65. The molecule has 1 aromatic heterocycles. The molecule has 122 valence electrons. The number of carbonyl (C=O) groups excluding carboxylic acids is 1. The SMILES string of the molecule is COC(=O)c1ccc(OCc2cc(=O)n(C)c(=O)n2C)c(Br)c1. The van der Waals surface area contributed by atoms with Crippen LogP contribution in [0.2, 0.25) is 0 Å². The fourth-order valence-electron chi connectivity index (χ4n) is 1.93. The standard InChI is InChI=1S/C15H15BrN2O5/c1-17-10(7-13(19)18(2)15(17)21)8-23-12-5-4-9(6-11(12)16)14(20)22-3/h4-7H,8H2,1-3H3. The third-order valence-electron chi connectivity index (χ3n) is 3.35. The van der Waals surface area contributed by atoms with E-state index < -0.39 is 17.2 Å². The van der Waals surface area contributed by atoms with Crippen molar-refractivity contribution in [2.24, 2.45) is 14.1 Å². The third kappa shape index (κ3) is 3.53. The van der Waals surface area contributed by atoms with Crippen LogP contribution in [0.15, 0.2) is 38.3 Å². The van der Waals surface area contributed by atoms with Gasteiger partial charge in [-0.05, 0) is 34.1 Å². The number of esters is 1. The molecule has 2 rings (SSSR count). The Morgan fingerprint density at radius 2 is 1.87 bits per heavy atom. The molecule has 23 heavy (non-hydrogen) atoms. The Morgan fingerprint density at radius 3 is 2.48 bits per heavy atom. The molecule has 0 aliphatic carbocycles. The van der Waals surface area contributed by atoms with Crippen LogP contribution in [-0.4, -0.2) is 22.2 Å². The molecule has 7 nitrogen and oxygen atoms in total. The molecule has 0 saturated carbocycles. The van der Waals surface area contributed by atoms with Crippen molar-refractivity contribution in [2.45, 2.75) is 6.61 Å². The number of carbonyl (C=O) groups is 1. The summed E-state index contributed by atoms with van der Waals surface area (Å²) >= 11 is 3.31. The van der Waals surface area contributed by atoms with Gasteiger partial charge in [0.15, 0.2) is 0 Å². The van der Waals surface area contributed by atoms with E-state index in [4.69, 9.17) is 4.74 Å². The molecule has 1 aromatic carbocycles. The van der Waals surface area contributed by atoms with Crippen LogP contribution in [0.25, 0.3) is 0 Å². The zero-order valence-electron chi connectivity index (χ0n) is 12.8. The Bertz CT molecular complexity index is 869. The summed E-state index contributed by atoms with van der Waals surface area (Å²) < 4.78 is 13.2. The molecule has 0 atom stereocenters. The molecule has 0 fully saturated rings. The van der Waals surface area contributed by atoms with Gasteiger partial charge in [0.05, 0.1) is 22.8 Å². The lowest BCUT2D eigenvalue weighted by molar-refractivity contribution is 0.0600. The second kappa shape index (κ2) is 6.82. The van der Waals surface area contributed by atoms with E-state index in [0.717, 1.165) is 4.57 Å². The number of hydrogen-bond donors (Lipinski definition) is 0. The quantitative estimate of drug-likeness (QED) is 0.742. The maximum atomic E-state index is 11.9. The van der Waals surface area contributed by atoms with Crippen LogP contribution in [0, 0.1) is 0 Å². The van der Waals surface area contributed by atoms with Gasteiger partial charge in [-0.25, -0.2) is 9.59 Å². The maximum absolute atomic E-state index is 11.9. The average molecular weight is 383 g/mol. The van der Waals surface area contributed by atoms with Crippen molar-refractivity contribution in [2.75, 3.05) is 7.11 Å². The highest BCUT2D eigenvalue weighted by molar-refractivity contribution is 9.10. The molecule has 0 unspecified atom stereocenters. The molecule has 0 aliphatic rings. The van der Waals surface area contributed by atoms with Gasteiger partial charge in [-0.15, -0.1) is 0 Å². The molecule has 0 aliphatic heterocycles. The van der Waals surface area contributed by atoms with E-state index in [-0.39, 0.29) is 6.61 Å². The number of hydrogen-bond acceptors (Lipinski definition) is 5. The van der Waals surface area contributed by atoms with Gasteiger partial charge in [0.2, 0.25) is 0 Å². The maximum Gasteiger partial charge on any atom is 0.337 e. The summed E-state index contributed by atoms with van der Waals surface area (Å²) in [6.45, 7) is 0.0397. The zero-order valence-corrected chi connectivity index (χ0v) is 14.4. The summed E-state index contributed by atoms with van der Waals surface area (Å²) in [7, 11) is 4.28. The first-order valence-electron chi connectivity index (χ1n) is 6.61. The van der Waals surface area contributed by atoms with Crippen LogP contribution >= 0.6 is 15.9 Å². The number of benzene rings is 1. The van der Waals surface area contributed by atoms with E-state index in [0.29, 0.717) is 21.5 Å². The summed E-state index contributed by atoms with van der Waals surface area (Å²) in [5.41, 5.74) is 0.0118. The molecule has 0 N–H and O–H groups in total. The molecule has 0 saturated heterocycles. The predicted molar refractivity (Wildman–Crippen MR) is 86.7 cm³/mol. The first kappa shape index (κ1) is 17.0. The Balaban J connectivity index is 2.24. The average Bonchev–Trinajstić information content (AvgIpc) is 2.55. The summed E-state index contributed by atoms with van der Waals surface area (Å²) in [6.07, 6.45) is 0. The Kier molecular flexibility index (Phi) is 5.05. The van der Waals surface area contributed by atoms with Gasteiger partial charge in [-0.2, -0.15) is 0 Å². The van der Waals surface area contributed by atoms with Gasteiger partial charge in [0, 0.05) is 20.2 Å². The molecular weight excluding hydrogens is 368 g/mol. The van der Waals surface area contributed by atoms with Crippen molar-refractivity contribution in [3.05, 3.63) is 60.8 Å². The minimum Gasteiger partial charge on any atom is -0.486 e. The van der Waals surface area contributed by atoms with Crippen molar-refractivity contribution in [3.8, 4) is 5.75 Å². The van der Waals surface area contributed by atoms with Gasteiger partial charge in [-0.3, -0.25) is 13.9 Å². The van der Waals surface area contributed by atoms with Crippen molar-refractivity contribution in [1.29, 1.82) is 0 Å². The fourth-order valence-corrected chi connectivity index (χ4v) is 2.42. The van der Waals surface area contributed by atoms with E-state index in [1.54, 1.807) is 25.2 Å². The molecule has 0 spiro atoms. The van der Waals surface area contributed by atoms with Crippen LogP contribution in [0.5, 0.6) is 5.75 Å². The Hall–Kier alpha value is -2.35. The van der Waals surface area contributed by atoms with E-state index in [1.807, 2.05) is 0 Å². The topological polar surface area (TPSA) is 79.5 Å². The lowest BCUT2D eigenvalue weighted by atomic mass is 10.2. The molecule has 0 amide bonds. The number of halogens is 1. The predicted octanol–water partition coefficient (Wildman–Crippen LogP) is 1.21. The highest BCUT2D eigenvalue weighted by Gasteiger charge is 2.11. The number of aromatic nitrogens is 2. The van der Waals surface area contributed by atoms with Crippen LogP contribution in [0.4, 0.5) is 0 Å². The number of nitrogens with zero attached hydrogens (tertiary/aromatic N) is 2. The molecule has 1 heterocycles. The van der Waals surface area contributed by atoms with Crippen LogP contribution in [0.3, 0.4) is 0 Å². The molecule has 0 radical (unpaired) electrons. The lowest BCUT2D eigenvalue weighted by Crippen LogP contribution is -2.38. The Morgan fingerprint density at radius 1 is 1.17 bits per heavy atom. The highest BCUT2D eigenvalue weighted by atomic mass is 79.9. The first-order chi connectivity index (χ1) is 10.8. The summed E-state index contributed by atoms with van der Waals surface area (Å²) in [6, 6.07) is 6.09. The first-order valence-corrected chi connectivity index (χ1v) is 7.41. The van der Waals surface area contributed by atoms with Gasteiger partial charge in [0.25, 0.3) is 5.56 Å². The van der Waals surface area contributed by atoms with E-state index >= 15 is 0 Å². The highest BCUT2D eigenvalue weighted by Crippen LogP contribution is 2.26. The molecular formula is C15H15BrN2O5. The van der Waals surface area contributed by atoms with E-state index in [2.05, 4.69) is 20.7 Å². The Labute approximate surface area is 140 Å². The van der Waals surface area contributed by atoms with Gasteiger partial charge in [0.1, 0.15) is 12.4 Å². The third-order valence-corrected chi connectivity index (χ3v) is 3.97. The summed E-state index contributed by atoms with van der Waals surface area (Å²) in [4.78, 5) is 35.0. The van der Waals surface area contributed by atoms with Crippen molar-refractivity contribution in [1.82, 2.24) is 9.13 Å². The van der Waals surface area contributed by atoms with Gasteiger partial charge < -0.3 is 9.47 Å². The monoisotopic (exact) mass is 382 g/mol. The molecule has 2 aromatic rings. The van der Waals surface area contributed by atoms with Crippen molar-refractivity contribution in [3.63, 3.8) is 0 Å². The number of ether oxygens (including phenoxy) is 2. The minimum atomic E-state index is -0.453. The second-order valence-electron chi connectivity index (χ2n) is 4.80. The molecule has 8 heteroatoms. The number of rotatable bonds is 4. The van der Waals surface area contributed by atoms with E-state index in [9.17, 15) is 14.4 Å². The van der Waals surface area contributed by atoms with Crippen LogP contribution < -0.4 is 16.0 Å². The van der Waals surface area contributed by atoms with Gasteiger partial charge in [-0.1, -0.05) is 0 Å². The lowest BCUT2D eigenvalue weighted by Gasteiger charge is -2.12. The normalized spacial score (nSPS) is 10.4. The molecule has 0 bridgehead atoms. The summed E-state index contributed by atoms with van der Waals surface area (Å²) in [5, 5.41) is 0. The van der Waals surface area contributed by atoms with E-state index in [1.165, 1.54) is 24.8 Å².